The second kappa shape index (κ2) is 7.41. The number of halogens is 1. The summed E-state index contributed by atoms with van der Waals surface area (Å²) in [6.07, 6.45) is 0. The first kappa shape index (κ1) is 17.4. The number of nitro benzene ring substituents is 1. The predicted octanol–water partition coefficient (Wildman–Crippen LogP) is 0.363. The van der Waals surface area contributed by atoms with Crippen LogP contribution in [-0.4, -0.2) is 56.2 Å². The lowest BCUT2D eigenvalue weighted by molar-refractivity contribution is -0.387. The first-order valence-electron chi connectivity index (χ1n) is 5.88. The first-order chi connectivity index (χ1) is 9.84. The standard InChI is InChI=1S/C11H15FN2O6S/c1-20-7-5-13(4-6-15)21(18,19)9-2-3-10(12)11(8-9)14(16)17/h2-3,8,15H,4-7H2,1H3. The van der Waals surface area contributed by atoms with E-state index in [0.29, 0.717) is 6.07 Å². The van der Waals surface area contributed by atoms with E-state index >= 15 is 0 Å². The zero-order valence-electron chi connectivity index (χ0n) is 11.2. The van der Waals surface area contributed by atoms with E-state index < -0.39 is 38.0 Å². The Labute approximate surface area is 121 Å². The quantitative estimate of drug-likeness (QED) is 0.547. The second-order valence-electron chi connectivity index (χ2n) is 3.99. The maximum absolute atomic E-state index is 13.3. The van der Waals surface area contributed by atoms with Crippen LogP contribution in [0.2, 0.25) is 0 Å². The molecule has 0 radical (unpaired) electrons. The number of sulfonamides is 1. The minimum absolute atomic E-state index is 0.0371. The van der Waals surface area contributed by atoms with Crippen molar-refractivity contribution in [3.63, 3.8) is 0 Å². The first-order valence-corrected chi connectivity index (χ1v) is 7.32. The lowest BCUT2D eigenvalue weighted by Crippen LogP contribution is -2.36. The molecule has 1 N–H and O–H groups in total. The van der Waals surface area contributed by atoms with Crippen molar-refractivity contribution < 1.29 is 27.6 Å². The molecule has 0 aliphatic heterocycles. The Kier molecular flexibility index (Phi) is 6.15. The minimum atomic E-state index is -4.09. The molecule has 0 heterocycles. The third-order valence-corrected chi connectivity index (χ3v) is 4.54. The van der Waals surface area contributed by atoms with Gasteiger partial charge in [0.2, 0.25) is 15.8 Å². The number of rotatable bonds is 8. The van der Waals surface area contributed by atoms with Gasteiger partial charge in [-0.3, -0.25) is 10.1 Å². The van der Waals surface area contributed by atoms with Crippen molar-refractivity contribution in [2.24, 2.45) is 0 Å². The highest BCUT2D eigenvalue weighted by Crippen LogP contribution is 2.23. The zero-order chi connectivity index (χ0) is 16.0. The summed E-state index contributed by atoms with van der Waals surface area (Å²) in [6, 6.07) is 2.31. The van der Waals surface area contributed by atoms with E-state index in [9.17, 15) is 22.9 Å². The molecular formula is C11H15FN2O6S. The van der Waals surface area contributed by atoms with E-state index in [1.807, 2.05) is 0 Å². The van der Waals surface area contributed by atoms with Crippen molar-refractivity contribution in [1.82, 2.24) is 4.31 Å². The van der Waals surface area contributed by atoms with Crippen molar-refractivity contribution in [2.75, 3.05) is 33.4 Å². The van der Waals surface area contributed by atoms with E-state index in [0.717, 1.165) is 16.4 Å². The Morgan fingerprint density at radius 2 is 2.10 bits per heavy atom. The highest BCUT2D eigenvalue weighted by molar-refractivity contribution is 7.89. The van der Waals surface area contributed by atoms with Crippen molar-refractivity contribution >= 4 is 15.7 Å². The van der Waals surface area contributed by atoms with Crippen LogP contribution in [0.5, 0.6) is 0 Å². The van der Waals surface area contributed by atoms with Gasteiger partial charge in [-0.2, -0.15) is 8.70 Å². The summed E-state index contributed by atoms with van der Waals surface area (Å²) in [5, 5.41) is 19.6. The smallest absolute Gasteiger partial charge is 0.306 e. The second-order valence-corrected chi connectivity index (χ2v) is 5.93. The summed E-state index contributed by atoms with van der Waals surface area (Å²) in [5.74, 6) is -1.12. The normalized spacial score (nSPS) is 11.8. The van der Waals surface area contributed by atoms with Crippen LogP contribution in [0.25, 0.3) is 0 Å². The molecule has 0 bridgehead atoms. The fourth-order valence-electron chi connectivity index (χ4n) is 1.60. The summed E-state index contributed by atoms with van der Waals surface area (Å²) in [6.45, 7) is -0.573. The van der Waals surface area contributed by atoms with Crippen molar-refractivity contribution in [2.45, 2.75) is 4.90 Å². The van der Waals surface area contributed by atoms with Crippen LogP contribution in [0, 0.1) is 15.9 Å². The molecule has 0 saturated heterocycles. The van der Waals surface area contributed by atoms with Crippen LogP contribution in [0.4, 0.5) is 10.1 Å². The number of methoxy groups -OCH3 is 1. The lowest BCUT2D eigenvalue weighted by Gasteiger charge is -2.20. The van der Waals surface area contributed by atoms with E-state index in [1.54, 1.807) is 0 Å². The molecule has 0 aliphatic rings. The fraction of sp³-hybridized carbons (Fsp3) is 0.455. The van der Waals surface area contributed by atoms with Crippen LogP contribution >= 0.6 is 0 Å². The SMILES string of the molecule is COCCN(CCO)S(=O)(=O)c1ccc(F)c([N+](=O)[O-])c1. The number of hydrogen-bond donors (Lipinski definition) is 1. The van der Waals surface area contributed by atoms with Crippen LogP contribution < -0.4 is 0 Å². The molecule has 0 fully saturated rings. The molecule has 1 aromatic rings. The molecule has 0 saturated carbocycles. The van der Waals surface area contributed by atoms with Crippen molar-refractivity contribution in [1.29, 1.82) is 0 Å². The molecule has 1 rings (SSSR count). The van der Waals surface area contributed by atoms with Gasteiger partial charge >= 0.3 is 5.69 Å². The Bertz CT molecular complexity index is 607. The molecule has 0 aliphatic carbocycles. The third-order valence-electron chi connectivity index (χ3n) is 2.65. The molecule has 0 unspecified atom stereocenters. The molecule has 118 valence electrons. The number of nitrogens with zero attached hydrogens (tertiary/aromatic N) is 2. The van der Waals surface area contributed by atoms with Crippen LogP contribution in [-0.2, 0) is 14.8 Å². The number of benzene rings is 1. The fourth-order valence-corrected chi connectivity index (χ4v) is 3.03. The summed E-state index contributed by atoms with van der Waals surface area (Å²) < 4.78 is 43.6. The lowest BCUT2D eigenvalue weighted by atomic mass is 10.3. The molecule has 0 atom stereocenters. The highest BCUT2D eigenvalue weighted by atomic mass is 32.2. The topological polar surface area (TPSA) is 110 Å². The van der Waals surface area contributed by atoms with Gasteiger partial charge in [0.15, 0.2) is 0 Å². The molecule has 8 nitrogen and oxygen atoms in total. The zero-order valence-corrected chi connectivity index (χ0v) is 12.0. The van der Waals surface area contributed by atoms with Gasteiger partial charge < -0.3 is 9.84 Å². The largest absolute Gasteiger partial charge is 0.395 e. The maximum Gasteiger partial charge on any atom is 0.306 e. The van der Waals surface area contributed by atoms with Gasteiger partial charge in [0.05, 0.1) is 23.0 Å². The van der Waals surface area contributed by atoms with Gasteiger partial charge in [-0.15, -0.1) is 0 Å². The maximum atomic E-state index is 13.3. The Morgan fingerprint density at radius 1 is 1.43 bits per heavy atom. The summed E-state index contributed by atoms with van der Waals surface area (Å²) in [7, 11) is -2.70. The van der Waals surface area contributed by atoms with Crippen LogP contribution in [0.1, 0.15) is 0 Å². The monoisotopic (exact) mass is 322 g/mol. The van der Waals surface area contributed by atoms with Crippen molar-refractivity contribution in [3.05, 3.63) is 34.1 Å². The molecule has 0 spiro atoms. The summed E-state index contributed by atoms with van der Waals surface area (Å²) in [5.41, 5.74) is -0.924. The van der Waals surface area contributed by atoms with Gasteiger partial charge in [-0.25, -0.2) is 8.42 Å². The molecule has 10 heteroatoms. The molecule has 0 aromatic heterocycles. The number of nitro groups is 1. The molecule has 0 amide bonds. The van der Waals surface area contributed by atoms with Crippen molar-refractivity contribution in [3.8, 4) is 0 Å². The average Bonchev–Trinajstić information content (AvgIpc) is 2.43. The van der Waals surface area contributed by atoms with E-state index in [4.69, 9.17) is 9.84 Å². The van der Waals surface area contributed by atoms with E-state index in [1.165, 1.54) is 7.11 Å². The van der Waals surface area contributed by atoms with Crippen LogP contribution in [0.3, 0.4) is 0 Å². The highest BCUT2D eigenvalue weighted by Gasteiger charge is 2.27. The molecule has 1 aromatic carbocycles. The van der Waals surface area contributed by atoms with E-state index in [-0.39, 0.29) is 19.7 Å². The van der Waals surface area contributed by atoms with E-state index in [2.05, 4.69) is 0 Å². The Hall–Kier alpha value is -1.62. The number of aliphatic hydroxyl groups excluding tert-OH is 1. The Balaban J connectivity index is 3.21. The molecule has 21 heavy (non-hydrogen) atoms. The van der Waals surface area contributed by atoms with Crippen LogP contribution in [0.15, 0.2) is 23.1 Å². The predicted molar refractivity (Wildman–Crippen MR) is 70.8 cm³/mol. The van der Waals surface area contributed by atoms with Gasteiger partial charge in [-0.1, -0.05) is 0 Å². The van der Waals surface area contributed by atoms with Gasteiger partial charge in [0, 0.05) is 26.3 Å². The number of aliphatic hydroxyl groups is 1. The third kappa shape index (κ3) is 4.17. The summed E-state index contributed by atoms with van der Waals surface area (Å²) >= 11 is 0. The van der Waals surface area contributed by atoms with Gasteiger partial charge in [0.1, 0.15) is 0 Å². The van der Waals surface area contributed by atoms with Gasteiger partial charge in [0.25, 0.3) is 0 Å². The van der Waals surface area contributed by atoms with Gasteiger partial charge in [-0.05, 0) is 12.1 Å². The number of ether oxygens (including phenoxy) is 1. The Morgan fingerprint density at radius 3 is 2.62 bits per heavy atom. The molecular weight excluding hydrogens is 307 g/mol. The summed E-state index contributed by atoms with van der Waals surface area (Å²) in [4.78, 5) is 9.25. The minimum Gasteiger partial charge on any atom is -0.395 e. The average molecular weight is 322 g/mol. The number of hydrogen-bond acceptors (Lipinski definition) is 6.